The monoisotopic (exact) mass is 383 g/mol. The molecule has 1 aliphatic rings. The summed E-state index contributed by atoms with van der Waals surface area (Å²) >= 11 is 0. The van der Waals surface area contributed by atoms with Crippen LogP contribution >= 0.6 is 0 Å². The van der Waals surface area contributed by atoms with E-state index in [-0.39, 0.29) is 36.5 Å². The number of hydrogen-bond acceptors (Lipinski definition) is 4. The fourth-order valence-corrected chi connectivity index (χ4v) is 2.82. The molecule has 1 aromatic carbocycles. The molecule has 1 aliphatic heterocycles. The molecule has 0 fully saturated rings. The summed E-state index contributed by atoms with van der Waals surface area (Å²) in [5.74, 6) is -1.32. The van der Waals surface area contributed by atoms with Crippen LogP contribution in [0.2, 0.25) is 0 Å². The third-order valence-electron chi connectivity index (χ3n) is 4.08. The predicted octanol–water partition coefficient (Wildman–Crippen LogP) is 3.41. The summed E-state index contributed by atoms with van der Waals surface area (Å²) in [6, 6.07) is 4.87. The van der Waals surface area contributed by atoms with Gasteiger partial charge in [0.15, 0.2) is 0 Å². The minimum atomic E-state index is -4.59. The van der Waals surface area contributed by atoms with E-state index in [9.17, 15) is 22.8 Å². The van der Waals surface area contributed by atoms with Gasteiger partial charge in [-0.3, -0.25) is 4.79 Å². The van der Waals surface area contributed by atoms with Crippen molar-refractivity contribution in [2.75, 3.05) is 26.9 Å². The van der Waals surface area contributed by atoms with Crippen LogP contribution in [0.1, 0.15) is 25.0 Å². The van der Waals surface area contributed by atoms with Crippen LogP contribution < -0.4 is 0 Å². The van der Waals surface area contributed by atoms with Gasteiger partial charge < -0.3 is 14.4 Å². The highest BCUT2D eigenvalue weighted by Gasteiger charge is 2.38. The lowest BCUT2D eigenvalue weighted by molar-refractivity contribution is -0.138. The Labute approximate surface area is 155 Å². The lowest BCUT2D eigenvalue weighted by Crippen LogP contribution is -2.28. The van der Waals surface area contributed by atoms with Crippen molar-refractivity contribution in [3.8, 4) is 0 Å². The molecule has 0 unspecified atom stereocenters. The molecule has 1 heterocycles. The smallest absolute Gasteiger partial charge is 0.416 e. The number of allylic oxidation sites excluding steroid dienone is 1. The molecule has 0 aromatic heterocycles. The Balaban J connectivity index is 2.58. The molecule has 1 amide bonds. The van der Waals surface area contributed by atoms with Gasteiger partial charge >= 0.3 is 12.1 Å². The average molecular weight is 383 g/mol. The summed E-state index contributed by atoms with van der Waals surface area (Å²) in [6.45, 7) is 3.62. The maximum absolute atomic E-state index is 13.3. The summed E-state index contributed by atoms with van der Waals surface area (Å²) in [4.78, 5) is 26.4. The molecule has 0 aliphatic carbocycles. The molecule has 0 radical (unpaired) electrons. The van der Waals surface area contributed by atoms with Gasteiger partial charge in [0, 0.05) is 19.4 Å². The Kier molecular flexibility index (Phi) is 6.43. The summed E-state index contributed by atoms with van der Waals surface area (Å²) in [5.41, 5.74) is -0.919. The number of methoxy groups -OCH3 is 1. The van der Waals surface area contributed by atoms with Gasteiger partial charge in [-0.2, -0.15) is 13.2 Å². The van der Waals surface area contributed by atoms with Crippen molar-refractivity contribution >= 4 is 18.0 Å². The second kappa shape index (κ2) is 8.39. The maximum atomic E-state index is 13.3. The minimum absolute atomic E-state index is 0.0325. The van der Waals surface area contributed by atoms with Crippen molar-refractivity contribution in [3.63, 3.8) is 0 Å². The molecule has 8 heteroatoms. The number of alkyl halides is 3. The molecule has 0 saturated heterocycles. The van der Waals surface area contributed by atoms with Crippen LogP contribution in [-0.2, 0) is 25.2 Å². The minimum Gasteiger partial charge on any atom is -0.462 e. The van der Waals surface area contributed by atoms with Crippen LogP contribution in [0.25, 0.3) is 6.08 Å². The second-order valence-corrected chi connectivity index (χ2v) is 5.77. The van der Waals surface area contributed by atoms with Crippen molar-refractivity contribution in [1.82, 2.24) is 4.90 Å². The van der Waals surface area contributed by atoms with Crippen molar-refractivity contribution in [2.24, 2.45) is 0 Å². The third kappa shape index (κ3) is 4.39. The number of hydrogen-bond donors (Lipinski definition) is 0. The average Bonchev–Trinajstić information content (AvgIpc) is 2.83. The van der Waals surface area contributed by atoms with E-state index in [1.807, 2.05) is 0 Å². The molecular formula is C19H20F3NO4. The Morgan fingerprint density at radius 3 is 2.52 bits per heavy atom. The molecular weight excluding hydrogens is 363 g/mol. The number of halogens is 3. The molecule has 2 rings (SSSR count). The number of nitrogens with zero attached hydrogens (tertiary/aromatic N) is 1. The number of carbonyl (C=O) groups is 2. The normalized spacial score (nSPS) is 16.4. The van der Waals surface area contributed by atoms with Crippen LogP contribution in [0.4, 0.5) is 13.2 Å². The number of amides is 1. The first-order valence-electron chi connectivity index (χ1n) is 8.29. The first kappa shape index (κ1) is 20.7. The Morgan fingerprint density at radius 2 is 1.93 bits per heavy atom. The second-order valence-electron chi connectivity index (χ2n) is 5.77. The quantitative estimate of drug-likeness (QED) is 0.558. The van der Waals surface area contributed by atoms with Crippen molar-refractivity contribution < 1.29 is 32.2 Å². The van der Waals surface area contributed by atoms with Crippen LogP contribution in [0, 0.1) is 0 Å². The standard InChI is InChI=1S/C19H20F3NO4/c1-4-27-18(25)16-12(2)23(9-10-26-3)17(24)14(16)11-13-7-5-6-8-15(13)19(20,21)22/h5-8,11H,4,9-10H2,1-3H3/b14-11-. The van der Waals surface area contributed by atoms with Crippen molar-refractivity contribution in [1.29, 1.82) is 0 Å². The van der Waals surface area contributed by atoms with Gasteiger partial charge in [-0.05, 0) is 31.6 Å². The topological polar surface area (TPSA) is 55.8 Å². The molecule has 5 nitrogen and oxygen atoms in total. The molecule has 0 saturated carbocycles. The molecule has 0 atom stereocenters. The lowest BCUT2D eigenvalue weighted by Gasteiger charge is -2.17. The zero-order chi connectivity index (χ0) is 20.2. The van der Waals surface area contributed by atoms with Crippen LogP contribution in [-0.4, -0.2) is 43.6 Å². The van der Waals surface area contributed by atoms with Crippen LogP contribution in [0.5, 0.6) is 0 Å². The number of carbonyl (C=O) groups excluding carboxylic acids is 2. The predicted molar refractivity (Wildman–Crippen MR) is 92.3 cm³/mol. The Hall–Kier alpha value is -2.61. The largest absolute Gasteiger partial charge is 0.462 e. The van der Waals surface area contributed by atoms with Gasteiger partial charge in [0.1, 0.15) is 0 Å². The summed E-state index contributed by atoms with van der Waals surface area (Å²) in [6.07, 6.45) is -3.50. The highest BCUT2D eigenvalue weighted by Crippen LogP contribution is 2.36. The van der Waals surface area contributed by atoms with Crippen molar-refractivity contribution in [2.45, 2.75) is 20.0 Å². The summed E-state index contributed by atoms with van der Waals surface area (Å²) in [7, 11) is 1.46. The van der Waals surface area contributed by atoms with Gasteiger partial charge in [-0.25, -0.2) is 4.79 Å². The molecule has 146 valence electrons. The molecule has 0 N–H and O–H groups in total. The number of ether oxygens (including phenoxy) is 2. The van der Waals surface area contributed by atoms with Gasteiger partial charge in [0.25, 0.3) is 5.91 Å². The SMILES string of the molecule is CCOC(=O)C1=C(C)N(CCOC)C(=O)/C1=C\c1ccccc1C(F)(F)F. The first-order valence-corrected chi connectivity index (χ1v) is 8.29. The molecule has 1 aromatic rings. The van der Waals surface area contributed by atoms with Gasteiger partial charge in [-0.1, -0.05) is 18.2 Å². The number of esters is 1. The van der Waals surface area contributed by atoms with Crippen molar-refractivity contribution in [3.05, 3.63) is 52.2 Å². The van der Waals surface area contributed by atoms with Gasteiger partial charge in [0.2, 0.25) is 0 Å². The Bertz CT molecular complexity index is 796. The van der Waals surface area contributed by atoms with E-state index in [4.69, 9.17) is 9.47 Å². The van der Waals surface area contributed by atoms with E-state index < -0.39 is 23.6 Å². The first-order chi connectivity index (χ1) is 12.7. The van der Waals surface area contributed by atoms with Crippen LogP contribution in [0.15, 0.2) is 41.1 Å². The summed E-state index contributed by atoms with van der Waals surface area (Å²) < 4.78 is 49.8. The zero-order valence-corrected chi connectivity index (χ0v) is 15.2. The summed E-state index contributed by atoms with van der Waals surface area (Å²) in [5, 5.41) is 0. The lowest BCUT2D eigenvalue weighted by atomic mass is 10.00. The fraction of sp³-hybridized carbons (Fsp3) is 0.368. The van der Waals surface area contributed by atoms with Crippen LogP contribution in [0.3, 0.4) is 0 Å². The molecule has 0 bridgehead atoms. The molecule has 0 spiro atoms. The van der Waals surface area contributed by atoms with E-state index in [1.54, 1.807) is 13.8 Å². The van der Waals surface area contributed by atoms with E-state index in [2.05, 4.69) is 0 Å². The molecule has 27 heavy (non-hydrogen) atoms. The highest BCUT2D eigenvalue weighted by molar-refractivity contribution is 6.16. The van der Waals surface area contributed by atoms with Gasteiger partial charge in [0.05, 0.1) is 29.9 Å². The number of rotatable bonds is 6. The van der Waals surface area contributed by atoms with Gasteiger partial charge in [-0.15, -0.1) is 0 Å². The number of benzene rings is 1. The third-order valence-corrected chi connectivity index (χ3v) is 4.08. The Morgan fingerprint density at radius 1 is 1.26 bits per heavy atom. The fourth-order valence-electron chi connectivity index (χ4n) is 2.82. The van der Waals surface area contributed by atoms with E-state index in [1.165, 1.54) is 30.2 Å². The highest BCUT2D eigenvalue weighted by atomic mass is 19.4. The van der Waals surface area contributed by atoms with E-state index >= 15 is 0 Å². The van der Waals surface area contributed by atoms with E-state index in [0.717, 1.165) is 12.1 Å². The maximum Gasteiger partial charge on any atom is 0.416 e. The van der Waals surface area contributed by atoms with E-state index in [0.29, 0.717) is 5.70 Å². The zero-order valence-electron chi connectivity index (χ0n) is 15.2.